The van der Waals surface area contributed by atoms with Crippen LogP contribution in [0.2, 0.25) is 0 Å². The van der Waals surface area contributed by atoms with Gasteiger partial charge in [-0.1, -0.05) is 48.5 Å². The van der Waals surface area contributed by atoms with Crippen LogP contribution < -0.4 is 21.3 Å². The number of nitrogens with zero attached hydrogens (tertiary/aromatic N) is 3. The quantitative estimate of drug-likeness (QED) is 0.376. The van der Waals surface area contributed by atoms with Crippen LogP contribution in [0.1, 0.15) is 18.1 Å². The van der Waals surface area contributed by atoms with Gasteiger partial charge in [-0.15, -0.1) is 11.3 Å². The summed E-state index contributed by atoms with van der Waals surface area (Å²) in [5.74, 6) is 1.15. The Hall–Kier alpha value is -3.37. The first-order chi connectivity index (χ1) is 16.4. The zero-order valence-corrected chi connectivity index (χ0v) is 20.7. The van der Waals surface area contributed by atoms with E-state index in [0.29, 0.717) is 21.3 Å². The van der Waals surface area contributed by atoms with Gasteiger partial charge in [0.05, 0.1) is 12.8 Å². The minimum absolute atomic E-state index is 0.235. The number of benzene rings is 2. The van der Waals surface area contributed by atoms with Crippen molar-refractivity contribution in [2.45, 2.75) is 31.3 Å². The molecule has 0 aliphatic rings. The van der Waals surface area contributed by atoms with Gasteiger partial charge in [0.1, 0.15) is 17.0 Å². The average molecular weight is 497 g/mol. The molecule has 2 aromatic heterocycles. The van der Waals surface area contributed by atoms with Crippen molar-refractivity contribution in [3.8, 4) is 11.4 Å². The molecule has 1 amide bonds. The van der Waals surface area contributed by atoms with Crippen LogP contribution in [0.4, 0.5) is 0 Å². The minimum Gasteiger partial charge on any atom is -0.497 e. The number of thiazole rings is 1. The maximum absolute atomic E-state index is 13.4. The smallest absolute Gasteiger partial charge is 0.337 e. The summed E-state index contributed by atoms with van der Waals surface area (Å²) in [6.45, 7) is 3.96. The Kier molecular flexibility index (Phi) is 7.18. The first kappa shape index (κ1) is 23.8. The number of methoxy groups -OCH3 is 1. The predicted molar refractivity (Wildman–Crippen MR) is 135 cm³/mol. The molecule has 2 aromatic carbocycles. The molecule has 0 atom stereocenters. The Labute approximate surface area is 204 Å². The number of carbonyl (C=O) groups is 1. The van der Waals surface area contributed by atoms with Gasteiger partial charge >= 0.3 is 5.69 Å². The number of aromatic nitrogens is 3. The molecule has 176 valence electrons. The van der Waals surface area contributed by atoms with Gasteiger partial charge in [0, 0.05) is 6.54 Å². The van der Waals surface area contributed by atoms with E-state index in [2.05, 4.69) is 10.3 Å². The van der Waals surface area contributed by atoms with Crippen LogP contribution in [0.25, 0.3) is 16.0 Å². The lowest BCUT2D eigenvalue weighted by Crippen LogP contribution is -2.41. The van der Waals surface area contributed by atoms with Gasteiger partial charge in [-0.2, -0.15) is 0 Å². The van der Waals surface area contributed by atoms with Gasteiger partial charge in [0.15, 0.2) is 9.99 Å². The van der Waals surface area contributed by atoms with Crippen molar-refractivity contribution >= 4 is 39.4 Å². The van der Waals surface area contributed by atoms with Gasteiger partial charge in [-0.05, 0) is 42.5 Å². The number of hydrogen-bond acceptors (Lipinski definition) is 7. The lowest BCUT2D eigenvalue weighted by molar-refractivity contribution is -0.121. The molecule has 0 saturated heterocycles. The molecule has 0 aliphatic carbocycles. The maximum atomic E-state index is 13.4. The standard InChI is InChI=1S/C24H24N4O4S2/c1-4-33-23-26-21-20(34-23)22(30)28(17-9-5-15(2)6-10-17)24(31)27(21)14-19(29)25-13-16-7-11-18(32-3)12-8-16/h5-12H,4,13-14H2,1-3H3,(H,25,29). The molecule has 0 bridgehead atoms. The average Bonchev–Trinajstić information content (AvgIpc) is 3.26. The molecule has 8 nitrogen and oxygen atoms in total. The van der Waals surface area contributed by atoms with Gasteiger partial charge in [0.2, 0.25) is 5.91 Å². The Morgan fingerprint density at radius 1 is 1.12 bits per heavy atom. The molecule has 0 radical (unpaired) electrons. The summed E-state index contributed by atoms with van der Waals surface area (Å²) < 4.78 is 8.56. The highest BCUT2D eigenvalue weighted by atomic mass is 32.2. The van der Waals surface area contributed by atoms with Crippen molar-refractivity contribution < 1.29 is 9.53 Å². The van der Waals surface area contributed by atoms with Crippen molar-refractivity contribution in [1.29, 1.82) is 0 Å². The molecule has 0 saturated carbocycles. The number of hydrogen-bond donors (Lipinski definition) is 1. The summed E-state index contributed by atoms with van der Waals surface area (Å²) in [4.78, 5) is 44.0. The van der Waals surface area contributed by atoms with E-state index in [9.17, 15) is 14.4 Å². The second kappa shape index (κ2) is 10.3. The van der Waals surface area contributed by atoms with Crippen LogP contribution in [-0.2, 0) is 17.9 Å². The summed E-state index contributed by atoms with van der Waals surface area (Å²) in [7, 11) is 1.59. The highest BCUT2D eigenvalue weighted by Crippen LogP contribution is 2.27. The fourth-order valence-corrected chi connectivity index (χ4v) is 5.38. The molecular formula is C24H24N4O4S2. The molecular weight excluding hydrogens is 472 g/mol. The number of ether oxygens (including phenoxy) is 1. The van der Waals surface area contributed by atoms with E-state index in [-0.39, 0.29) is 18.1 Å². The molecule has 2 heterocycles. The monoisotopic (exact) mass is 496 g/mol. The van der Waals surface area contributed by atoms with E-state index in [1.54, 1.807) is 19.2 Å². The molecule has 0 fully saturated rings. The number of fused-ring (bicyclic) bond motifs is 1. The fourth-order valence-electron chi connectivity index (χ4n) is 3.41. The summed E-state index contributed by atoms with van der Waals surface area (Å²) in [6.07, 6.45) is 0. The van der Waals surface area contributed by atoms with Crippen LogP contribution in [0.15, 0.2) is 62.5 Å². The fraction of sp³-hybridized carbons (Fsp3) is 0.250. The second-order valence-corrected chi connectivity index (χ2v) is 10.0. The van der Waals surface area contributed by atoms with Gasteiger partial charge in [0.25, 0.3) is 5.56 Å². The lowest BCUT2D eigenvalue weighted by Gasteiger charge is -2.12. The second-order valence-electron chi connectivity index (χ2n) is 7.54. The Balaban J connectivity index is 1.71. The van der Waals surface area contributed by atoms with E-state index in [0.717, 1.165) is 27.2 Å². The van der Waals surface area contributed by atoms with Gasteiger partial charge in [-0.3, -0.25) is 14.2 Å². The highest BCUT2D eigenvalue weighted by Gasteiger charge is 2.20. The SMILES string of the molecule is CCSc1nc2c(s1)c(=O)n(-c1ccc(C)cc1)c(=O)n2CC(=O)NCc1ccc(OC)cc1. The number of nitrogens with one attached hydrogen (secondary N) is 1. The highest BCUT2D eigenvalue weighted by molar-refractivity contribution is 8.01. The van der Waals surface area contributed by atoms with Crippen molar-refractivity contribution in [2.75, 3.05) is 12.9 Å². The van der Waals surface area contributed by atoms with Crippen LogP contribution in [0.3, 0.4) is 0 Å². The largest absolute Gasteiger partial charge is 0.497 e. The number of amides is 1. The number of carbonyl (C=O) groups excluding carboxylic acids is 1. The molecule has 4 rings (SSSR count). The van der Waals surface area contributed by atoms with E-state index in [4.69, 9.17) is 4.74 Å². The van der Waals surface area contributed by atoms with Crippen molar-refractivity contribution in [3.63, 3.8) is 0 Å². The van der Waals surface area contributed by atoms with Crippen LogP contribution in [0.5, 0.6) is 5.75 Å². The molecule has 0 aliphatic heterocycles. The normalized spacial score (nSPS) is 11.0. The summed E-state index contributed by atoms with van der Waals surface area (Å²) >= 11 is 2.73. The maximum Gasteiger partial charge on any atom is 0.337 e. The van der Waals surface area contributed by atoms with Crippen molar-refractivity contribution in [2.24, 2.45) is 0 Å². The van der Waals surface area contributed by atoms with Crippen molar-refractivity contribution in [3.05, 3.63) is 80.5 Å². The van der Waals surface area contributed by atoms with E-state index >= 15 is 0 Å². The summed E-state index contributed by atoms with van der Waals surface area (Å²) in [6, 6.07) is 14.5. The summed E-state index contributed by atoms with van der Waals surface area (Å²) in [5, 5.41) is 2.83. The molecule has 1 N–H and O–H groups in total. The van der Waals surface area contributed by atoms with Crippen molar-refractivity contribution in [1.82, 2.24) is 19.4 Å². The molecule has 0 spiro atoms. The van der Waals surface area contributed by atoms with E-state index in [1.165, 1.54) is 27.7 Å². The first-order valence-corrected chi connectivity index (χ1v) is 12.5. The minimum atomic E-state index is -0.598. The van der Waals surface area contributed by atoms with E-state index < -0.39 is 11.2 Å². The Bertz CT molecular complexity index is 1440. The number of rotatable bonds is 8. The van der Waals surface area contributed by atoms with Gasteiger partial charge < -0.3 is 10.1 Å². The molecule has 4 aromatic rings. The number of thioether (sulfide) groups is 1. The molecule has 0 unspecified atom stereocenters. The molecule has 34 heavy (non-hydrogen) atoms. The Morgan fingerprint density at radius 2 is 1.82 bits per heavy atom. The zero-order valence-electron chi connectivity index (χ0n) is 19.0. The first-order valence-electron chi connectivity index (χ1n) is 10.7. The third-order valence-electron chi connectivity index (χ3n) is 5.18. The Morgan fingerprint density at radius 3 is 2.47 bits per heavy atom. The predicted octanol–water partition coefficient (Wildman–Crippen LogP) is 3.35. The van der Waals surface area contributed by atoms with Crippen LogP contribution in [-0.4, -0.2) is 32.9 Å². The zero-order chi connectivity index (χ0) is 24.2. The van der Waals surface area contributed by atoms with Crippen LogP contribution in [0, 0.1) is 6.92 Å². The topological polar surface area (TPSA) is 95.2 Å². The number of aryl methyl sites for hydroxylation is 1. The third kappa shape index (κ3) is 4.92. The summed E-state index contributed by atoms with van der Waals surface area (Å²) in [5.41, 5.74) is 1.56. The van der Waals surface area contributed by atoms with Gasteiger partial charge in [-0.25, -0.2) is 14.3 Å². The van der Waals surface area contributed by atoms with Crippen LogP contribution >= 0.6 is 23.1 Å². The van der Waals surface area contributed by atoms with E-state index in [1.807, 2.05) is 50.2 Å². The lowest BCUT2D eigenvalue weighted by atomic mass is 10.2. The molecule has 10 heteroatoms. The third-order valence-corrected chi connectivity index (χ3v) is 7.23.